The van der Waals surface area contributed by atoms with Crippen LogP contribution in [0, 0.1) is 0 Å². The number of hydrogen-bond acceptors (Lipinski definition) is 4. The third-order valence-corrected chi connectivity index (χ3v) is 5.09. The molecule has 0 bridgehead atoms. The third kappa shape index (κ3) is 4.66. The zero-order valence-corrected chi connectivity index (χ0v) is 14.7. The van der Waals surface area contributed by atoms with Crippen molar-refractivity contribution in [3.05, 3.63) is 53.6 Å². The van der Waals surface area contributed by atoms with E-state index in [1.807, 2.05) is 48.2 Å². The molecular weight excluding hydrogens is 344 g/mol. The molecule has 1 atom stereocenters. The van der Waals surface area contributed by atoms with Crippen molar-refractivity contribution in [2.75, 3.05) is 23.4 Å². The monoisotopic (exact) mass is 362 g/mol. The second-order valence-corrected chi connectivity index (χ2v) is 7.06. The average Bonchev–Trinajstić information content (AvgIpc) is 2.59. The number of nitrogens with one attached hydrogen (secondary N) is 2. The zero-order chi connectivity index (χ0) is 16.8. The van der Waals surface area contributed by atoms with Crippen molar-refractivity contribution in [1.82, 2.24) is 5.32 Å². The normalized spacial score (nSPS) is 17.3. The number of carbonyl (C=O) groups excluding carboxylic acids is 1. The molecule has 4 nitrogen and oxygen atoms in total. The molecule has 1 amide bonds. The molecular formula is C18H19ClN2O2S. The van der Waals surface area contributed by atoms with Gasteiger partial charge in [-0.3, -0.25) is 4.79 Å². The van der Waals surface area contributed by atoms with Crippen molar-refractivity contribution in [2.45, 2.75) is 12.5 Å². The Hall–Kier alpha value is -1.69. The highest BCUT2D eigenvalue weighted by molar-refractivity contribution is 7.99. The summed E-state index contributed by atoms with van der Waals surface area (Å²) in [6.07, 6.45) is 0.452. The number of thioether (sulfide) groups is 1. The molecule has 0 aliphatic carbocycles. The number of para-hydroxylation sites is 3. The second kappa shape index (κ2) is 8.42. The van der Waals surface area contributed by atoms with E-state index in [0.29, 0.717) is 28.6 Å². The SMILES string of the molecule is O=C(CC1CSCCN1)Nc1ccccc1Oc1ccccc1Cl. The molecule has 1 aliphatic heterocycles. The van der Waals surface area contributed by atoms with Crippen LogP contribution >= 0.6 is 23.4 Å². The number of benzene rings is 2. The Morgan fingerprint density at radius 2 is 1.96 bits per heavy atom. The topological polar surface area (TPSA) is 50.4 Å². The van der Waals surface area contributed by atoms with E-state index in [0.717, 1.165) is 18.1 Å². The number of anilines is 1. The quantitative estimate of drug-likeness (QED) is 0.838. The van der Waals surface area contributed by atoms with Crippen molar-refractivity contribution in [3.8, 4) is 11.5 Å². The minimum absolute atomic E-state index is 0.0230. The van der Waals surface area contributed by atoms with E-state index < -0.39 is 0 Å². The molecule has 0 radical (unpaired) electrons. The number of amides is 1. The summed E-state index contributed by atoms with van der Waals surface area (Å²) < 4.78 is 5.86. The van der Waals surface area contributed by atoms with Gasteiger partial charge in [-0.1, -0.05) is 35.9 Å². The van der Waals surface area contributed by atoms with E-state index in [4.69, 9.17) is 16.3 Å². The predicted molar refractivity (Wildman–Crippen MR) is 100 cm³/mol. The molecule has 1 heterocycles. The predicted octanol–water partition coefficient (Wildman–Crippen LogP) is 4.17. The summed E-state index contributed by atoms with van der Waals surface area (Å²) in [6, 6.07) is 14.9. The highest BCUT2D eigenvalue weighted by Crippen LogP contribution is 2.33. The molecule has 0 aromatic heterocycles. The van der Waals surface area contributed by atoms with Crippen LogP contribution < -0.4 is 15.4 Å². The number of carbonyl (C=O) groups is 1. The van der Waals surface area contributed by atoms with E-state index in [9.17, 15) is 4.79 Å². The maximum absolute atomic E-state index is 12.3. The first-order chi connectivity index (χ1) is 11.7. The van der Waals surface area contributed by atoms with Gasteiger partial charge in [0.15, 0.2) is 5.75 Å². The fourth-order valence-electron chi connectivity index (χ4n) is 2.48. The molecule has 24 heavy (non-hydrogen) atoms. The van der Waals surface area contributed by atoms with Crippen molar-refractivity contribution < 1.29 is 9.53 Å². The van der Waals surface area contributed by atoms with Crippen LogP contribution in [0.3, 0.4) is 0 Å². The minimum Gasteiger partial charge on any atom is -0.454 e. The largest absolute Gasteiger partial charge is 0.454 e. The van der Waals surface area contributed by atoms with E-state index in [1.165, 1.54) is 0 Å². The van der Waals surface area contributed by atoms with Gasteiger partial charge in [0, 0.05) is 30.5 Å². The first kappa shape index (κ1) is 17.1. The van der Waals surface area contributed by atoms with Gasteiger partial charge >= 0.3 is 0 Å². The molecule has 1 fully saturated rings. The summed E-state index contributed by atoms with van der Waals surface area (Å²) in [4.78, 5) is 12.3. The summed E-state index contributed by atoms with van der Waals surface area (Å²) in [5.74, 6) is 3.18. The first-order valence-electron chi connectivity index (χ1n) is 7.85. The Bertz CT molecular complexity index is 705. The number of rotatable bonds is 5. The maximum atomic E-state index is 12.3. The van der Waals surface area contributed by atoms with Crippen LogP contribution in [0.1, 0.15) is 6.42 Å². The summed E-state index contributed by atoms with van der Waals surface area (Å²) in [7, 11) is 0. The zero-order valence-electron chi connectivity index (χ0n) is 13.1. The lowest BCUT2D eigenvalue weighted by Gasteiger charge is -2.22. The van der Waals surface area contributed by atoms with Gasteiger partial charge in [0.1, 0.15) is 5.75 Å². The van der Waals surface area contributed by atoms with Crippen LogP contribution in [0.5, 0.6) is 11.5 Å². The Balaban J connectivity index is 1.67. The van der Waals surface area contributed by atoms with Crippen LogP contribution in [0.25, 0.3) is 0 Å². The van der Waals surface area contributed by atoms with Gasteiger partial charge in [0.25, 0.3) is 0 Å². The Morgan fingerprint density at radius 1 is 1.21 bits per heavy atom. The molecule has 3 rings (SSSR count). The summed E-state index contributed by atoms with van der Waals surface area (Å²) in [5, 5.41) is 6.84. The molecule has 0 saturated carbocycles. The lowest BCUT2D eigenvalue weighted by molar-refractivity contribution is -0.116. The fraction of sp³-hybridized carbons (Fsp3) is 0.278. The second-order valence-electron chi connectivity index (χ2n) is 5.51. The van der Waals surface area contributed by atoms with Crippen molar-refractivity contribution in [1.29, 1.82) is 0 Å². The molecule has 0 spiro atoms. The average molecular weight is 363 g/mol. The van der Waals surface area contributed by atoms with Gasteiger partial charge in [-0.25, -0.2) is 0 Å². The number of ether oxygens (including phenoxy) is 1. The van der Waals surface area contributed by atoms with E-state index in [-0.39, 0.29) is 11.9 Å². The van der Waals surface area contributed by atoms with Gasteiger partial charge in [0.05, 0.1) is 10.7 Å². The molecule has 1 saturated heterocycles. The van der Waals surface area contributed by atoms with Gasteiger partial charge in [-0.15, -0.1) is 0 Å². The molecule has 6 heteroatoms. The number of hydrogen-bond donors (Lipinski definition) is 2. The van der Waals surface area contributed by atoms with Crippen molar-refractivity contribution in [2.24, 2.45) is 0 Å². The standard InChI is InChI=1S/C18H19ClN2O2S/c19-14-5-1-3-7-16(14)23-17-8-4-2-6-15(17)21-18(22)11-13-12-24-10-9-20-13/h1-8,13,20H,9-12H2,(H,21,22). The lowest BCUT2D eigenvalue weighted by atomic mass is 10.2. The van der Waals surface area contributed by atoms with Crippen LogP contribution in [0.4, 0.5) is 5.69 Å². The van der Waals surface area contributed by atoms with Crippen LogP contribution in [0.15, 0.2) is 48.5 Å². The molecule has 2 aromatic rings. The highest BCUT2D eigenvalue weighted by atomic mass is 35.5. The lowest BCUT2D eigenvalue weighted by Crippen LogP contribution is -2.39. The number of halogens is 1. The fourth-order valence-corrected chi connectivity index (χ4v) is 3.60. The van der Waals surface area contributed by atoms with E-state index >= 15 is 0 Å². The van der Waals surface area contributed by atoms with Gasteiger partial charge in [-0.2, -0.15) is 11.8 Å². The Labute approximate surface area is 150 Å². The third-order valence-electron chi connectivity index (χ3n) is 3.65. The maximum Gasteiger partial charge on any atom is 0.226 e. The molecule has 2 aromatic carbocycles. The van der Waals surface area contributed by atoms with Crippen LogP contribution in [0.2, 0.25) is 5.02 Å². The Morgan fingerprint density at radius 3 is 2.71 bits per heavy atom. The summed E-state index contributed by atoms with van der Waals surface area (Å²) >= 11 is 8.01. The van der Waals surface area contributed by atoms with Crippen LogP contribution in [-0.2, 0) is 4.79 Å². The first-order valence-corrected chi connectivity index (χ1v) is 9.38. The smallest absolute Gasteiger partial charge is 0.226 e. The summed E-state index contributed by atoms with van der Waals surface area (Å²) in [6.45, 7) is 0.953. The highest BCUT2D eigenvalue weighted by Gasteiger charge is 2.17. The van der Waals surface area contributed by atoms with Crippen molar-refractivity contribution in [3.63, 3.8) is 0 Å². The molecule has 1 unspecified atom stereocenters. The van der Waals surface area contributed by atoms with E-state index in [1.54, 1.807) is 12.1 Å². The van der Waals surface area contributed by atoms with Gasteiger partial charge in [0.2, 0.25) is 5.91 Å². The van der Waals surface area contributed by atoms with E-state index in [2.05, 4.69) is 10.6 Å². The van der Waals surface area contributed by atoms with Gasteiger partial charge < -0.3 is 15.4 Å². The van der Waals surface area contributed by atoms with Crippen molar-refractivity contribution >= 4 is 35.0 Å². The minimum atomic E-state index is -0.0230. The van der Waals surface area contributed by atoms with Crippen LogP contribution in [-0.4, -0.2) is 30.0 Å². The summed E-state index contributed by atoms with van der Waals surface area (Å²) in [5.41, 5.74) is 0.644. The van der Waals surface area contributed by atoms with Gasteiger partial charge in [-0.05, 0) is 24.3 Å². The molecule has 1 aliphatic rings. The Kier molecular flexibility index (Phi) is 6.01. The molecule has 126 valence electrons. The molecule has 2 N–H and O–H groups in total.